The summed E-state index contributed by atoms with van der Waals surface area (Å²) < 4.78 is 2.86. The molecule has 0 bridgehead atoms. The third kappa shape index (κ3) is 2.79. The van der Waals surface area contributed by atoms with Gasteiger partial charge in [0.05, 0.1) is 0 Å². The molecule has 2 aromatic heterocycles. The van der Waals surface area contributed by atoms with Crippen molar-refractivity contribution < 1.29 is 0 Å². The lowest BCUT2D eigenvalue weighted by atomic mass is 10.3. The number of anilines is 2. The Bertz CT molecular complexity index is 664. The molecule has 0 saturated carbocycles. The van der Waals surface area contributed by atoms with Gasteiger partial charge >= 0.3 is 0 Å². The van der Waals surface area contributed by atoms with E-state index in [9.17, 15) is 0 Å². The van der Waals surface area contributed by atoms with Gasteiger partial charge in [0.2, 0.25) is 11.9 Å². The van der Waals surface area contributed by atoms with Gasteiger partial charge in [0.1, 0.15) is 6.33 Å². The Hall–Kier alpha value is -2.21. The van der Waals surface area contributed by atoms with Gasteiger partial charge < -0.3 is 5.32 Å². The van der Waals surface area contributed by atoms with Crippen LogP contribution < -0.4 is 5.32 Å². The Morgan fingerprint density at radius 3 is 2.47 bits per heavy atom. The maximum atomic E-state index is 4.35. The van der Waals surface area contributed by atoms with E-state index < -0.39 is 0 Å². The van der Waals surface area contributed by atoms with Crippen LogP contribution in [0.4, 0.5) is 11.6 Å². The summed E-state index contributed by atoms with van der Waals surface area (Å²) in [5, 5.41) is 3.14. The summed E-state index contributed by atoms with van der Waals surface area (Å²) in [6, 6.07) is 11.6. The number of benzene rings is 1. The van der Waals surface area contributed by atoms with Gasteiger partial charge in [0, 0.05) is 22.6 Å². The van der Waals surface area contributed by atoms with Crippen molar-refractivity contribution in [2.24, 2.45) is 0 Å². The van der Waals surface area contributed by atoms with Gasteiger partial charge in [-0.1, -0.05) is 15.9 Å². The molecule has 2 heterocycles. The molecule has 3 rings (SSSR count). The van der Waals surface area contributed by atoms with Crippen molar-refractivity contribution in [3.8, 4) is 5.95 Å². The molecule has 0 fully saturated rings. The largest absolute Gasteiger partial charge is 0.324 e. The van der Waals surface area contributed by atoms with Crippen LogP contribution >= 0.6 is 15.9 Å². The first-order chi connectivity index (χ1) is 9.31. The average Bonchev–Trinajstić information content (AvgIpc) is 2.96. The van der Waals surface area contributed by atoms with Crippen molar-refractivity contribution in [2.75, 3.05) is 5.32 Å². The van der Waals surface area contributed by atoms with Crippen LogP contribution in [0.1, 0.15) is 0 Å². The first-order valence-corrected chi connectivity index (χ1v) is 6.45. The Morgan fingerprint density at radius 2 is 1.74 bits per heavy atom. The van der Waals surface area contributed by atoms with Crippen LogP contribution in [0.3, 0.4) is 0 Å². The lowest BCUT2D eigenvalue weighted by Gasteiger charge is -2.06. The SMILES string of the molecule is Brc1ccc(Nc2ncnc(-n3cccc3)n2)cc1. The fourth-order valence-electron chi connectivity index (χ4n) is 1.60. The second kappa shape index (κ2) is 5.19. The molecule has 0 spiro atoms. The molecule has 0 aliphatic heterocycles. The predicted octanol–water partition coefficient (Wildman–Crippen LogP) is 3.17. The quantitative estimate of drug-likeness (QED) is 0.806. The first kappa shape index (κ1) is 11.9. The molecule has 6 heteroatoms. The molecule has 0 amide bonds. The minimum Gasteiger partial charge on any atom is -0.324 e. The summed E-state index contributed by atoms with van der Waals surface area (Å²) in [7, 11) is 0. The van der Waals surface area contributed by atoms with Gasteiger partial charge in [-0.15, -0.1) is 0 Å². The fourth-order valence-corrected chi connectivity index (χ4v) is 1.87. The van der Waals surface area contributed by atoms with E-state index in [4.69, 9.17) is 0 Å². The molecule has 94 valence electrons. The summed E-state index contributed by atoms with van der Waals surface area (Å²) in [6.45, 7) is 0. The van der Waals surface area contributed by atoms with Gasteiger partial charge in [-0.2, -0.15) is 4.98 Å². The molecular formula is C13H10BrN5. The highest BCUT2D eigenvalue weighted by atomic mass is 79.9. The van der Waals surface area contributed by atoms with E-state index in [1.807, 2.05) is 53.4 Å². The maximum Gasteiger partial charge on any atom is 0.238 e. The molecule has 1 aromatic carbocycles. The highest BCUT2D eigenvalue weighted by Gasteiger charge is 2.02. The molecule has 0 atom stereocenters. The summed E-state index contributed by atoms with van der Waals surface area (Å²) in [4.78, 5) is 12.6. The van der Waals surface area contributed by atoms with E-state index in [0.29, 0.717) is 11.9 Å². The Labute approximate surface area is 118 Å². The van der Waals surface area contributed by atoms with E-state index in [-0.39, 0.29) is 0 Å². The van der Waals surface area contributed by atoms with E-state index in [2.05, 4.69) is 36.2 Å². The van der Waals surface area contributed by atoms with Gasteiger partial charge in [-0.3, -0.25) is 4.57 Å². The van der Waals surface area contributed by atoms with Crippen LogP contribution in [0, 0.1) is 0 Å². The molecule has 3 aromatic rings. The molecule has 0 radical (unpaired) electrons. The fraction of sp³-hybridized carbons (Fsp3) is 0. The van der Waals surface area contributed by atoms with Crippen LogP contribution in [0.15, 0.2) is 59.6 Å². The molecule has 19 heavy (non-hydrogen) atoms. The van der Waals surface area contributed by atoms with Crippen molar-refractivity contribution in [3.63, 3.8) is 0 Å². The van der Waals surface area contributed by atoms with Crippen molar-refractivity contribution in [1.29, 1.82) is 0 Å². The molecule has 1 N–H and O–H groups in total. The first-order valence-electron chi connectivity index (χ1n) is 5.66. The molecule has 0 unspecified atom stereocenters. The number of nitrogens with one attached hydrogen (secondary N) is 1. The molecule has 0 saturated heterocycles. The maximum absolute atomic E-state index is 4.35. The highest BCUT2D eigenvalue weighted by molar-refractivity contribution is 9.10. The van der Waals surface area contributed by atoms with Gasteiger partial charge in [-0.25, -0.2) is 9.97 Å². The molecular weight excluding hydrogens is 306 g/mol. The lowest BCUT2D eigenvalue weighted by Crippen LogP contribution is -2.03. The standard InChI is InChI=1S/C13H10BrN5/c14-10-3-5-11(6-4-10)17-12-15-9-16-13(18-12)19-7-1-2-8-19/h1-9H,(H,15,16,17,18). The van der Waals surface area contributed by atoms with Crippen LogP contribution in [0.2, 0.25) is 0 Å². The number of rotatable bonds is 3. The van der Waals surface area contributed by atoms with E-state index in [1.54, 1.807) is 0 Å². The van der Waals surface area contributed by atoms with E-state index in [0.717, 1.165) is 10.2 Å². The minimum atomic E-state index is 0.515. The van der Waals surface area contributed by atoms with Crippen molar-refractivity contribution in [2.45, 2.75) is 0 Å². The van der Waals surface area contributed by atoms with E-state index >= 15 is 0 Å². The van der Waals surface area contributed by atoms with Crippen molar-refractivity contribution in [1.82, 2.24) is 19.5 Å². The topological polar surface area (TPSA) is 55.6 Å². The zero-order valence-corrected chi connectivity index (χ0v) is 11.4. The molecule has 5 nitrogen and oxygen atoms in total. The van der Waals surface area contributed by atoms with E-state index in [1.165, 1.54) is 6.33 Å². The second-order valence-corrected chi connectivity index (χ2v) is 4.75. The molecule has 0 aliphatic rings. The number of hydrogen-bond acceptors (Lipinski definition) is 4. The lowest BCUT2D eigenvalue weighted by molar-refractivity contribution is 0.906. The predicted molar refractivity (Wildman–Crippen MR) is 76.6 cm³/mol. The normalized spacial score (nSPS) is 10.4. The summed E-state index contributed by atoms with van der Waals surface area (Å²) in [5.74, 6) is 1.10. The third-order valence-corrected chi connectivity index (χ3v) is 3.02. The summed E-state index contributed by atoms with van der Waals surface area (Å²) in [5.41, 5.74) is 0.924. The zero-order chi connectivity index (χ0) is 13.1. The summed E-state index contributed by atoms with van der Waals surface area (Å²) in [6.07, 6.45) is 5.26. The smallest absolute Gasteiger partial charge is 0.238 e. The van der Waals surface area contributed by atoms with Crippen molar-refractivity contribution in [3.05, 3.63) is 59.6 Å². The molecule has 0 aliphatic carbocycles. The number of halogens is 1. The highest BCUT2D eigenvalue weighted by Crippen LogP contribution is 2.17. The zero-order valence-electron chi connectivity index (χ0n) is 9.86. The average molecular weight is 316 g/mol. The monoisotopic (exact) mass is 315 g/mol. The van der Waals surface area contributed by atoms with Crippen molar-refractivity contribution >= 4 is 27.6 Å². The van der Waals surface area contributed by atoms with Gasteiger partial charge in [-0.05, 0) is 36.4 Å². The number of aromatic nitrogens is 4. The Kier molecular flexibility index (Phi) is 3.24. The van der Waals surface area contributed by atoms with Crippen LogP contribution in [0.25, 0.3) is 5.95 Å². The minimum absolute atomic E-state index is 0.515. The van der Waals surface area contributed by atoms with Gasteiger partial charge in [0.25, 0.3) is 0 Å². The van der Waals surface area contributed by atoms with Crippen LogP contribution in [-0.4, -0.2) is 19.5 Å². The van der Waals surface area contributed by atoms with Crippen LogP contribution in [0.5, 0.6) is 0 Å². The summed E-state index contributed by atoms with van der Waals surface area (Å²) >= 11 is 3.40. The number of nitrogens with zero attached hydrogens (tertiary/aromatic N) is 4. The number of hydrogen-bond donors (Lipinski definition) is 1. The third-order valence-electron chi connectivity index (χ3n) is 2.49. The van der Waals surface area contributed by atoms with Crippen LogP contribution in [-0.2, 0) is 0 Å². The Balaban J connectivity index is 1.85. The second-order valence-electron chi connectivity index (χ2n) is 3.83. The van der Waals surface area contributed by atoms with Gasteiger partial charge in [0.15, 0.2) is 0 Å². The Morgan fingerprint density at radius 1 is 1.00 bits per heavy atom.